The Balaban J connectivity index is 1.24. The maximum Gasteiger partial charge on any atom is 0.223 e. The van der Waals surface area contributed by atoms with Crippen LogP contribution in [-0.4, -0.2) is 49.0 Å². The molecular formula is C29H27F2NO4. The molecule has 186 valence electrons. The number of benzene rings is 3. The summed E-state index contributed by atoms with van der Waals surface area (Å²) in [4.78, 5) is 26.8. The van der Waals surface area contributed by atoms with Crippen LogP contribution in [0.25, 0.3) is 11.1 Å². The highest BCUT2D eigenvalue weighted by molar-refractivity contribution is 5.96. The van der Waals surface area contributed by atoms with Gasteiger partial charge in [0.15, 0.2) is 23.2 Å². The van der Waals surface area contributed by atoms with Crippen LogP contribution < -0.4 is 4.74 Å². The Bertz CT molecular complexity index is 1240. The molecule has 3 aromatic carbocycles. The van der Waals surface area contributed by atoms with Gasteiger partial charge in [0.05, 0.1) is 13.2 Å². The zero-order chi connectivity index (χ0) is 25.2. The van der Waals surface area contributed by atoms with Crippen molar-refractivity contribution in [1.29, 1.82) is 0 Å². The van der Waals surface area contributed by atoms with Crippen LogP contribution in [0.3, 0.4) is 0 Å². The monoisotopic (exact) mass is 491 g/mol. The fourth-order valence-corrected chi connectivity index (χ4v) is 5.07. The molecule has 3 aromatic rings. The average Bonchev–Trinajstić information content (AvgIpc) is 3.21. The van der Waals surface area contributed by atoms with E-state index in [1.54, 1.807) is 11.8 Å². The topological polar surface area (TPSA) is 55.8 Å². The van der Waals surface area contributed by atoms with Crippen molar-refractivity contribution in [2.45, 2.75) is 31.8 Å². The molecule has 1 atom stereocenters. The lowest BCUT2D eigenvalue weighted by Crippen LogP contribution is -2.48. The molecule has 0 radical (unpaired) electrons. The van der Waals surface area contributed by atoms with E-state index in [-0.39, 0.29) is 42.7 Å². The van der Waals surface area contributed by atoms with Gasteiger partial charge in [-0.15, -0.1) is 0 Å². The Morgan fingerprint density at radius 2 is 1.61 bits per heavy atom. The van der Waals surface area contributed by atoms with Crippen molar-refractivity contribution in [2.75, 3.05) is 26.3 Å². The number of ketones is 1. The van der Waals surface area contributed by atoms with Crippen molar-refractivity contribution in [2.24, 2.45) is 0 Å². The Hall–Kier alpha value is -3.58. The summed E-state index contributed by atoms with van der Waals surface area (Å²) in [5, 5.41) is 0. The van der Waals surface area contributed by atoms with Gasteiger partial charge in [-0.25, -0.2) is 8.78 Å². The minimum Gasteiger partial charge on any atom is -0.485 e. The largest absolute Gasteiger partial charge is 0.485 e. The SMILES string of the molecule is CCC(=O)c1cc(F)c(OCC2CN(C(=O)CC3c4ccccc4-c4ccccc43)CCO2)c(F)c1. The van der Waals surface area contributed by atoms with Crippen molar-refractivity contribution in [3.8, 4) is 16.9 Å². The number of fused-ring (bicyclic) bond motifs is 3. The second-order valence-corrected chi connectivity index (χ2v) is 9.12. The molecule has 36 heavy (non-hydrogen) atoms. The fourth-order valence-electron chi connectivity index (χ4n) is 5.07. The van der Waals surface area contributed by atoms with E-state index in [0.29, 0.717) is 19.6 Å². The number of amides is 1. The predicted octanol–water partition coefficient (Wildman–Crippen LogP) is 5.37. The summed E-state index contributed by atoms with van der Waals surface area (Å²) in [7, 11) is 0. The molecule has 1 aliphatic carbocycles. The van der Waals surface area contributed by atoms with Gasteiger partial charge in [-0.3, -0.25) is 9.59 Å². The zero-order valence-corrected chi connectivity index (χ0v) is 20.0. The summed E-state index contributed by atoms with van der Waals surface area (Å²) < 4.78 is 39.9. The van der Waals surface area contributed by atoms with Crippen LogP contribution in [0.5, 0.6) is 5.75 Å². The van der Waals surface area contributed by atoms with Crippen LogP contribution in [0, 0.1) is 11.6 Å². The number of carbonyl (C=O) groups excluding carboxylic acids is 2. The highest BCUT2D eigenvalue weighted by atomic mass is 19.1. The van der Waals surface area contributed by atoms with E-state index >= 15 is 0 Å². The van der Waals surface area contributed by atoms with E-state index in [9.17, 15) is 18.4 Å². The van der Waals surface area contributed by atoms with Gasteiger partial charge in [0, 0.05) is 30.9 Å². The molecule has 1 heterocycles. The van der Waals surface area contributed by atoms with Crippen molar-refractivity contribution in [3.05, 3.63) is 89.0 Å². The summed E-state index contributed by atoms with van der Waals surface area (Å²) in [6.45, 7) is 2.53. The molecule has 7 heteroatoms. The molecule has 0 spiro atoms. The number of Topliss-reactive ketones (excluding diaryl/α,β-unsaturated/α-hetero) is 1. The lowest BCUT2D eigenvalue weighted by Gasteiger charge is -2.33. The molecule has 1 saturated heterocycles. The first-order valence-corrected chi connectivity index (χ1v) is 12.2. The fraction of sp³-hybridized carbons (Fsp3) is 0.310. The minimum atomic E-state index is -0.936. The number of hydrogen-bond acceptors (Lipinski definition) is 4. The lowest BCUT2D eigenvalue weighted by atomic mass is 9.93. The maximum absolute atomic E-state index is 14.4. The molecule has 1 unspecified atom stereocenters. The van der Waals surface area contributed by atoms with Crippen LogP contribution in [0.2, 0.25) is 0 Å². The predicted molar refractivity (Wildman–Crippen MR) is 131 cm³/mol. The van der Waals surface area contributed by atoms with E-state index in [2.05, 4.69) is 24.3 Å². The van der Waals surface area contributed by atoms with Gasteiger partial charge in [0.1, 0.15) is 12.7 Å². The van der Waals surface area contributed by atoms with Crippen molar-refractivity contribution >= 4 is 11.7 Å². The zero-order valence-electron chi connectivity index (χ0n) is 20.0. The second-order valence-electron chi connectivity index (χ2n) is 9.12. The van der Waals surface area contributed by atoms with E-state index in [0.717, 1.165) is 34.4 Å². The van der Waals surface area contributed by atoms with Gasteiger partial charge >= 0.3 is 0 Å². The third kappa shape index (κ3) is 4.63. The normalized spacial score (nSPS) is 17.0. The van der Waals surface area contributed by atoms with Crippen molar-refractivity contribution in [1.82, 2.24) is 4.90 Å². The highest BCUT2D eigenvalue weighted by Crippen LogP contribution is 2.46. The molecule has 0 N–H and O–H groups in total. The smallest absolute Gasteiger partial charge is 0.223 e. The quantitative estimate of drug-likeness (QED) is 0.417. The van der Waals surface area contributed by atoms with Gasteiger partial charge in [0.2, 0.25) is 5.91 Å². The third-order valence-corrected chi connectivity index (χ3v) is 6.89. The van der Waals surface area contributed by atoms with Gasteiger partial charge in [-0.1, -0.05) is 55.5 Å². The maximum atomic E-state index is 14.4. The van der Waals surface area contributed by atoms with Gasteiger partial charge < -0.3 is 14.4 Å². The number of ether oxygens (including phenoxy) is 2. The Morgan fingerprint density at radius 3 is 2.22 bits per heavy atom. The number of hydrogen-bond donors (Lipinski definition) is 0. The molecule has 0 aromatic heterocycles. The Labute approximate surface area is 208 Å². The Morgan fingerprint density at radius 1 is 1.00 bits per heavy atom. The lowest BCUT2D eigenvalue weighted by molar-refractivity contribution is -0.140. The third-order valence-electron chi connectivity index (χ3n) is 6.89. The molecule has 0 saturated carbocycles. The first kappa shape index (κ1) is 24.1. The molecule has 5 rings (SSSR count). The van der Waals surface area contributed by atoms with Gasteiger partial charge in [-0.05, 0) is 34.4 Å². The Kier molecular flexibility index (Phi) is 6.83. The summed E-state index contributed by atoms with van der Waals surface area (Å²) in [6.07, 6.45) is -0.0455. The second kappa shape index (κ2) is 10.2. The van der Waals surface area contributed by atoms with Crippen LogP contribution in [0.1, 0.15) is 47.2 Å². The molecule has 2 aliphatic rings. The summed E-state index contributed by atoms with van der Waals surface area (Å²) in [6, 6.07) is 18.3. The average molecular weight is 492 g/mol. The number of nitrogens with zero attached hydrogens (tertiary/aromatic N) is 1. The van der Waals surface area contributed by atoms with Crippen LogP contribution in [0.4, 0.5) is 8.78 Å². The van der Waals surface area contributed by atoms with Crippen molar-refractivity contribution in [3.63, 3.8) is 0 Å². The standard InChI is InChI=1S/C29H27F2NO4/c1-2-27(33)18-13-25(30)29(26(31)14-18)36-17-19-16-32(11-12-35-19)28(34)15-24-22-9-5-3-7-20(22)21-8-4-6-10-23(21)24/h3-10,13-14,19,24H,2,11-12,15-17H2,1H3. The highest BCUT2D eigenvalue weighted by Gasteiger charge is 2.33. The number of carbonyl (C=O) groups is 2. The van der Waals surface area contributed by atoms with Crippen molar-refractivity contribution < 1.29 is 27.8 Å². The van der Waals surface area contributed by atoms with E-state index in [1.807, 2.05) is 24.3 Å². The molecule has 5 nitrogen and oxygen atoms in total. The van der Waals surface area contributed by atoms with Crippen LogP contribution in [-0.2, 0) is 9.53 Å². The summed E-state index contributed by atoms with van der Waals surface area (Å²) >= 11 is 0. The number of rotatable bonds is 7. The molecule has 1 fully saturated rings. The molecule has 1 amide bonds. The number of morpholine rings is 1. The van der Waals surface area contributed by atoms with E-state index in [1.165, 1.54) is 0 Å². The van der Waals surface area contributed by atoms with Crippen LogP contribution >= 0.6 is 0 Å². The van der Waals surface area contributed by atoms with E-state index < -0.39 is 23.5 Å². The minimum absolute atomic E-state index is 0.000372. The first-order valence-electron chi connectivity index (χ1n) is 12.2. The summed E-state index contributed by atoms with van der Waals surface area (Å²) in [5.41, 5.74) is 4.60. The molecule has 1 aliphatic heterocycles. The summed E-state index contributed by atoms with van der Waals surface area (Å²) in [5.74, 6) is -2.79. The first-order chi connectivity index (χ1) is 17.5. The van der Waals surface area contributed by atoms with Gasteiger partial charge in [0.25, 0.3) is 0 Å². The van der Waals surface area contributed by atoms with Crippen LogP contribution in [0.15, 0.2) is 60.7 Å². The molecule has 0 bridgehead atoms. The molecular weight excluding hydrogens is 464 g/mol. The number of halogens is 2. The van der Waals surface area contributed by atoms with E-state index in [4.69, 9.17) is 9.47 Å². The van der Waals surface area contributed by atoms with Gasteiger partial charge in [-0.2, -0.15) is 0 Å².